The van der Waals surface area contributed by atoms with Gasteiger partial charge in [0.2, 0.25) is 0 Å². The second kappa shape index (κ2) is 9.77. The lowest BCUT2D eigenvalue weighted by Crippen LogP contribution is -1.84. The molecule has 152 valence electrons. The van der Waals surface area contributed by atoms with E-state index in [1.165, 1.54) is 22.3 Å². The molecule has 0 bridgehead atoms. The second-order valence-corrected chi connectivity index (χ2v) is 7.74. The van der Waals surface area contributed by atoms with Crippen LogP contribution in [0.25, 0.3) is 24.3 Å². The fourth-order valence-electron chi connectivity index (χ4n) is 3.36. The molecule has 0 unspecified atom stereocenters. The number of aryl methyl sites for hydroxylation is 2. The zero-order valence-corrected chi connectivity index (χ0v) is 18.0. The Labute approximate surface area is 185 Å². The van der Waals surface area contributed by atoms with Gasteiger partial charge in [-0.15, -0.1) is 0 Å². The van der Waals surface area contributed by atoms with Crippen molar-refractivity contribution in [2.75, 3.05) is 0 Å². The van der Waals surface area contributed by atoms with Crippen molar-refractivity contribution < 1.29 is 4.74 Å². The lowest BCUT2D eigenvalue weighted by molar-refractivity contribution is 0.482. The summed E-state index contributed by atoms with van der Waals surface area (Å²) in [6.45, 7) is 4.22. The van der Waals surface area contributed by atoms with E-state index in [1.807, 2.05) is 24.3 Å². The summed E-state index contributed by atoms with van der Waals surface area (Å²) < 4.78 is 6.00. The molecule has 0 aliphatic carbocycles. The minimum absolute atomic E-state index is 0.829. The Morgan fingerprint density at radius 2 is 0.839 bits per heavy atom. The van der Waals surface area contributed by atoms with Crippen LogP contribution in [0.1, 0.15) is 33.4 Å². The van der Waals surface area contributed by atoms with Crippen molar-refractivity contribution in [2.45, 2.75) is 13.8 Å². The Bertz CT molecular complexity index is 1100. The zero-order valence-electron chi connectivity index (χ0n) is 18.0. The van der Waals surface area contributed by atoms with E-state index in [0.29, 0.717) is 0 Å². The fourth-order valence-corrected chi connectivity index (χ4v) is 3.36. The largest absolute Gasteiger partial charge is 0.457 e. The number of hydrogen-bond acceptors (Lipinski definition) is 1. The highest BCUT2D eigenvalue weighted by Gasteiger charge is 1.98. The highest BCUT2D eigenvalue weighted by Crippen LogP contribution is 2.23. The van der Waals surface area contributed by atoms with Gasteiger partial charge in [-0.25, -0.2) is 0 Å². The van der Waals surface area contributed by atoms with E-state index in [4.69, 9.17) is 4.74 Å². The Morgan fingerprint density at radius 1 is 0.452 bits per heavy atom. The molecule has 1 heteroatoms. The lowest BCUT2D eigenvalue weighted by Gasteiger charge is -2.06. The fraction of sp³-hybridized carbons (Fsp3) is 0.0667. The van der Waals surface area contributed by atoms with Crippen molar-refractivity contribution in [3.63, 3.8) is 0 Å². The highest BCUT2D eigenvalue weighted by molar-refractivity contribution is 5.71. The molecule has 0 amide bonds. The summed E-state index contributed by atoms with van der Waals surface area (Å²) in [5.74, 6) is 1.66. The molecular formula is C30H26O. The molecule has 4 rings (SSSR count). The first-order chi connectivity index (χ1) is 15.1. The molecule has 4 aromatic carbocycles. The molecular weight excluding hydrogens is 376 g/mol. The van der Waals surface area contributed by atoms with Gasteiger partial charge in [-0.3, -0.25) is 0 Å². The van der Waals surface area contributed by atoms with Gasteiger partial charge < -0.3 is 4.74 Å². The van der Waals surface area contributed by atoms with Crippen molar-refractivity contribution in [1.29, 1.82) is 0 Å². The van der Waals surface area contributed by atoms with Crippen LogP contribution in [-0.4, -0.2) is 0 Å². The summed E-state index contributed by atoms with van der Waals surface area (Å²) in [5, 5.41) is 0. The molecule has 0 saturated carbocycles. The van der Waals surface area contributed by atoms with Gasteiger partial charge in [0.05, 0.1) is 0 Å². The minimum atomic E-state index is 0.829. The topological polar surface area (TPSA) is 9.23 Å². The number of hydrogen-bond donors (Lipinski definition) is 0. The summed E-state index contributed by atoms with van der Waals surface area (Å²) >= 11 is 0. The Hall–Kier alpha value is -3.84. The molecule has 0 radical (unpaired) electrons. The predicted octanol–water partition coefficient (Wildman–Crippen LogP) is 8.44. The van der Waals surface area contributed by atoms with Gasteiger partial charge in [0.1, 0.15) is 11.5 Å². The summed E-state index contributed by atoms with van der Waals surface area (Å²) in [5.41, 5.74) is 7.23. The maximum absolute atomic E-state index is 6.00. The number of rotatable bonds is 6. The van der Waals surface area contributed by atoms with E-state index in [1.54, 1.807) is 0 Å². The lowest BCUT2D eigenvalue weighted by atomic mass is 10.1. The van der Waals surface area contributed by atoms with Crippen LogP contribution < -0.4 is 4.74 Å². The van der Waals surface area contributed by atoms with Gasteiger partial charge >= 0.3 is 0 Å². The predicted molar refractivity (Wildman–Crippen MR) is 133 cm³/mol. The van der Waals surface area contributed by atoms with Crippen LogP contribution in [-0.2, 0) is 0 Å². The summed E-state index contributed by atoms with van der Waals surface area (Å²) in [4.78, 5) is 0. The van der Waals surface area contributed by atoms with Crippen LogP contribution in [0, 0.1) is 13.8 Å². The minimum Gasteiger partial charge on any atom is -0.457 e. The van der Waals surface area contributed by atoms with Crippen molar-refractivity contribution in [3.8, 4) is 11.5 Å². The van der Waals surface area contributed by atoms with E-state index in [-0.39, 0.29) is 0 Å². The van der Waals surface area contributed by atoms with Gasteiger partial charge in [0, 0.05) is 0 Å². The van der Waals surface area contributed by atoms with E-state index >= 15 is 0 Å². The summed E-state index contributed by atoms with van der Waals surface area (Å²) in [7, 11) is 0. The first-order valence-corrected chi connectivity index (χ1v) is 10.5. The molecule has 0 spiro atoms. The average Bonchev–Trinajstić information content (AvgIpc) is 2.78. The first kappa shape index (κ1) is 20.4. The SMILES string of the molecule is Cc1cccc(/C=C/c2ccc(Oc3ccc(/C=C/c4cccc(C)c4)cc3)cc2)c1. The standard InChI is InChI=1S/C30H26O/c1-23-5-3-7-27(21-23)11-9-25-13-17-29(18-14-25)31-30-19-15-26(16-20-30)10-12-28-8-4-6-24(2)22-28/h3-22H,1-2H3/b11-9+,12-10+. The normalized spacial score (nSPS) is 11.3. The van der Waals surface area contributed by atoms with Gasteiger partial charge in [0.25, 0.3) is 0 Å². The zero-order chi connectivity index (χ0) is 21.5. The van der Waals surface area contributed by atoms with Crippen molar-refractivity contribution in [1.82, 2.24) is 0 Å². The van der Waals surface area contributed by atoms with Crippen molar-refractivity contribution >= 4 is 24.3 Å². The van der Waals surface area contributed by atoms with E-state index in [2.05, 4.69) is 111 Å². The second-order valence-electron chi connectivity index (χ2n) is 7.74. The van der Waals surface area contributed by atoms with Gasteiger partial charge in [-0.2, -0.15) is 0 Å². The van der Waals surface area contributed by atoms with Gasteiger partial charge in [-0.1, -0.05) is 108 Å². The first-order valence-electron chi connectivity index (χ1n) is 10.5. The molecule has 4 aromatic rings. The maximum atomic E-state index is 6.00. The van der Waals surface area contributed by atoms with Gasteiger partial charge in [-0.05, 0) is 60.4 Å². The van der Waals surface area contributed by atoms with E-state index in [9.17, 15) is 0 Å². The van der Waals surface area contributed by atoms with Crippen molar-refractivity contribution in [2.24, 2.45) is 0 Å². The Morgan fingerprint density at radius 3 is 1.23 bits per heavy atom. The Kier molecular flexibility index (Phi) is 6.44. The summed E-state index contributed by atoms with van der Waals surface area (Å²) in [6, 6.07) is 33.2. The smallest absolute Gasteiger partial charge is 0.127 e. The van der Waals surface area contributed by atoms with Crippen LogP contribution in [0.4, 0.5) is 0 Å². The third kappa shape index (κ3) is 6.07. The van der Waals surface area contributed by atoms with Crippen LogP contribution in [0.15, 0.2) is 97.1 Å². The monoisotopic (exact) mass is 402 g/mol. The van der Waals surface area contributed by atoms with E-state index in [0.717, 1.165) is 22.6 Å². The number of benzene rings is 4. The molecule has 0 aliphatic rings. The maximum Gasteiger partial charge on any atom is 0.127 e. The van der Waals surface area contributed by atoms with Crippen molar-refractivity contribution in [3.05, 3.63) is 130 Å². The molecule has 0 aromatic heterocycles. The van der Waals surface area contributed by atoms with E-state index < -0.39 is 0 Å². The molecule has 0 heterocycles. The quantitative estimate of drug-likeness (QED) is 0.294. The molecule has 0 aliphatic heterocycles. The third-order valence-electron chi connectivity index (χ3n) is 5.02. The Balaban J connectivity index is 1.37. The van der Waals surface area contributed by atoms with Crippen LogP contribution in [0.2, 0.25) is 0 Å². The average molecular weight is 403 g/mol. The molecule has 0 atom stereocenters. The van der Waals surface area contributed by atoms with Crippen LogP contribution >= 0.6 is 0 Å². The molecule has 31 heavy (non-hydrogen) atoms. The molecule has 0 saturated heterocycles. The highest BCUT2D eigenvalue weighted by atomic mass is 16.5. The van der Waals surface area contributed by atoms with Gasteiger partial charge in [0.15, 0.2) is 0 Å². The number of ether oxygens (including phenoxy) is 1. The van der Waals surface area contributed by atoms with Crippen LogP contribution in [0.3, 0.4) is 0 Å². The van der Waals surface area contributed by atoms with Crippen LogP contribution in [0.5, 0.6) is 11.5 Å². The summed E-state index contributed by atoms with van der Waals surface area (Å²) in [6.07, 6.45) is 8.50. The third-order valence-corrected chi connectivity index (χ3v) is 5.02. The molecule has 0 fully saturated rings. The molecule has 0 N–H and O–H groups in total. The molecule has 1 nitrogen and oxygen atoms in total.